The Balaban J connectivity index is 1.65. The van der Waals surface area contributed by atoms with Crippen molar-refractivity contribution in [2.24, 2.45) is 5.73 Å². The minimum absolute atomic E-state index is 0.112. The summed E-state index contributed by atoms with van der Waals surface area (Å²) >= 11 is 0. The Hall–Kier alpha value is -1.20. The van der Waals surface area contributed by atoms with Crippen LogP contribution in [0.25, 0.3) is 0 Å². The van der Waals surface area contributed by atoms with Crippen LogP contribution in [0.1, 0.15) is 24.8 Å². The monoisotopic (exact) mass is 913 g/mol. The van der Waals surface area contributed by atoms with Gasteiger partial charge in [0.05, 0.1) is 52.9 Å². The van der Waals surface area contributed by atoms with E-state index in [1.165, 1.54) is 14.2 Å². The molecular formula is C34H61NO23P2. The second-order valence-electron chi connectivity index (χ2n) is 13.7. The average molecular weight is 914 g/mol. The van der Waals surface area contributed by atoms with Crippen molar-refractivity contribution in [1.29, 1.82) is 0 Å². The maximum Gasteiger partial charge on any atom is 0.475 e. The molecule has 350 valence electrons. The second-order valence-corrected chi connectivity index (χ2v) is 16.8. The lowest BCUT2D eigenvalue weighted by Gasteiger charge is -2.29. The molecular weight excluding hydrogens is 852 g/mol. The number of hydrogen-bond acceptors (Lipinski definition) is 23. The fourth-order valence-corrected chi connectivity index (χ4v) is 8.31. The van der Waals surface area contributed by atoms with Gasteiger partial charge in [-0.05, 0) is 31.4 Å². The third kappa shape index (κ3) is 16.1. The summed E-state index contributed by atoms with van der Waals surface area (Å²) < 4.78 is 86.8. The van der Waals surface area contributed by atoms with Crippen molar-refractivity contribution in [3.8, 4) is 0 Å². The highest BCUT2D eigenvalue weighted by atomic mass is 31.2. The number of phosphoric ester groups is 2. The summed E-state index contributed by atoms with van der Waals surface area (Å²) in [6, 6.07) is 8.32. The highest BCUT2D eigenvalue weighted by molar-refractivity contribution is 7.48. The van der Waals surface area contributed by atoms with Gasteiger partial charge in [-0.2, -0.15) is 0 Å². The highest BCUT2D eigenvalue weighted by Crippen LogP contribution is 2.54. The molecule has 26 heteroatoms. The Morgan fingerprint density at radius 2 is 1.18 bits per heavy atom. The number of phosphoric acid groups is 2. The van der Waals surface area contributed by atoms with E-state index in [0.29, 0.717) is 31.4 Å². The van der Waals surface area contributed by atoms with Crippen molar-refractivity contribution in [1.82, 2.24) is 0 Å². The highest BCUT2D eigenvalue weighted by Gasteiger charge is 2.52. The zero-order chi connectivity index (χ0) is 44.5. The van der Waals surface area contributed by atoms with Crippen molar-refractivity contribution in [2.45, 2.75) is 112 Å². The summed E-state index contributed by atoms with van der Waals surface area (Å²) in [4.78, 5) is 10.3. The molecule has 3 rings (SSSR count). The van der Waals surface area contributed by atoms with E-state index < -0.39 is 141 Å². The number of methoxy groups -OCH3 is 2. The number of nitrogens with two attached hydrogens (primary N) is 1. The van der Waals surface area contributed by atoms with E-state index >= 15 is 0 Å². The standard InChI is InChI=1S/C34H61NO23P2/c1-48-31-29(57-59(45,46)52-12-8-4-7-11-35)25(14-37)55-33(31)51-18-23(41)28(44)24(42)19-54-60(47,53-16-20-9-5-3-6-10-20)58-30-26(15-38)56-34(32(30)49-2)50-17-22(40)27(43)21(39)13-36/h3,5-6,9-10,21-34,36-44H,4,7-8,11-19,35H2,1-2H3,(H,45,46). The van der Waals surface area contributed by atoms with Crippen LogP contribution < -0.4 is 5.73 Å². The molecule has 60 heavy (non-hydrogen) atoms. The van der Waals surface area contributed by atoms with E-state index in [4.69, 9.17) is 61.9 Å². The van der Waals surface area contributed by atoms with Gasteiger partial charge in [0.2, 0.25) is 0 Å². The summed E-state index contributed by atoms with van der Waals surface area (Å²) in [5.41, 5.74) is 5.95. The van der Waals surface area contributed by atoms with Crippen LogP contribution in [-0.2, 0) is 66.8 Å². The lowest BCUT2D eigenvalue weighted by molar-refractivity contribution is -0.198. The molecule has 12 N–H and O–H groups in total. The van der Waals surface area contributed by atoms with Crippen LogP contribution in [0.2, 0.25) is 0 Å². The summed E-state index contributed by atoms with van der Waals surface area (Å²) in [6.07, 6.45) is -20.1. The first-order chi connectivity index (χ1) is 28.6. The van der Waals surface area contributed by atoms with Crippen LogP contribution in [0, 0.1) is 0 Å². The van der Waals surface area contributed by atoms with Crippen LogP contribution in [0.4, 0.5) is 0 Å². The van der Waals surface area contributed by atoms with E-state index in [-0.39, 0.29) is 13.2 Å². The van der Waals surface area contributed by atoms with Crippen LogP contribution in [0.15, 0.2) is 30.3 Å². The van der Waals surface area contributed by atoms with E-state index in [1.54, 1.807) is 30.3 Å². The number of benzene rings is 1. The van der Waals surface area contributed by atoms with Gasteiger partial charge >= 0.3 is 15.6 Å². The van der Waals surface area contributed by atoms with Crippen molar-refractivity contribution in [3.63, 3.8) is 0 Å². The van der Waals surface area contributed by atoms with Gasteiger partial charge in [-0.1, -0.05) is 30.3 Å². The molecule has 2 fully saturated rings. The van der Waals surface area contributed by atoms with Crippen molar-refractivity contribution >= 4 is 15.6 Å². The Labute approximate surface area is 346 Å². The fraction of sp³-hybridized carbons (Fsp3) is 0.824. The molecule has 0 spiro atoms. The number of aliphatic hydroxyl groups excluding tert-OH is 9. The zero-order valence-electron chi connectivity index (χ0n) is 33.2. The van der Waals surface area contributed by atoms with E-state index in [2.05, 4.69) is 0 Å². The molecule has 1 aromatic rings. The fourth-order valence-electron chi connectivity index (χ4n) is 5.93. The third-order valence-corrected chi connectivity index (χ3v) is 11.7. The van der Waals surface area contributed by atoms with Gasteiger partial charge in [0.25, 0.3) is 0 Å². The number of ether oxygens (including phenoxy) is 6. The van der Waals surface area contributed by atoms with E-state index in [9.17, 15) is 54.9 Å². The van der Waals surface area contributed by atoms with Crippen LogP contribution in [-0.4, -0.2) is 204 Å². The molecule has 16 unspecified atom stereocenters. The minimum Gasteiger partial charge on any atom is -0.394 e. The topological polar surface area (TPSA) is 364 Å². The zero-order valence-corrected chi connectivity index (χ0v) is 35.0. The van der Waals surface area contributed by atoms with Gasteiger partial charge in [-0.25, -0.2) is 9.13 Å². The quantitative estimate of drug-likeness (QED) is 0.0261. The van der Waals surface area contributed by atoms with E-state index in [0.717, 1.165) is 0 Å². The van der Waals surface area contributed by atoms with Gasteiger partial charge in [0.1, 0.15) is 73.2 Å². The number of hydrogen-bond donors (Lipinski definition) is 11. The van der Waals surface area contributed by atoms with Crippen molar-refractivity contribution < 1.29 is 111 Å². The summed E-state index contributed by atoms with van der Waals surface area (Å²) in [5.74, 6) is 0. The Morgan fingerprint density at radius 1 is 0.667 bits per heavy atom. The Morgan fingerprint density at radius 3 is 1.68 bits per heavy atom. The molecule has 1 aromatic carbocycles. The van der Waals surface area contributed by atoms with Gasteiger partial charge in [-0.3, -0.25) is 22.6 Å². The SMILES string of the molecule is COC1C(OCC(O)C(O)C(O)COP(=O)(OCc2ccccc2)OC2C(CO)OC(OCC(O)C(O)C(O)CO)C2OC)OC(CO)C1OP(=O)(O)OCCCCCN. The molecule has 2 aliphatic heterocycles. The van der Waals surface area contributed by atoms with Gasteiger partial charge in [-0.15, -0.1) is 0 Å². The maximum absolute atomic E-state index is 14.2. The minimum atomic E-state index is -4.84. The van der Waals surface area contributed by atoms with Crippen molar-refractivity contribution in [3.05, 3.63) is 35.9 Å². The van der Waals surface area contributed by atoms with Crippen LogP contribution in [0.3, 0.4) is 0 Å². The van der Waals surface area contributed by atoms with Gasteiger partial charge < -0.3 is 85.0 Å². The Kier molecular flexibility index (Phi) is 23.5. The predicted molar refractivity (Wildman–Crippen MR) is 201 cm³/mol. The number of unbranched alkanes of at least 4 members (excludes halogenated alkanes) is 2. The van der Waals surface area contributed by atoms with Crippen LogP contribution in [0.5, 0.6) is 0 Å². The smallest absolute Gasteiger partial charge is 0.394 e. The molecule has 2 heterocycles. The first-order valence-corrected chi connectivity index (χ1v) is 22.0. The molecule has 0 aliphatic carbocycles. The first-order valence-electron chi connectivity index (χ1n) is 19.0. The molecule has 16 atom stereocenters. The van der Waals surface area contributed by atoms with Crippen molar-refractivity contribution in [2.75, 3.05) is 67.0 Å². The molecule has 0 aromatic heterocycles. The maximum atomic E-state index is 14.2. The third-order valence-electron chi connectivity index (χ3n) is 9.31. The van der Waals surface area contributed by atoms with Gasteiger partial charge in [0.15, 0.2) is 12.6 Å². The molecule has 0 saturated carbocycles. The second kappa shape index (κ2) is 26.6. The summed E-state index contributed by atoms with van der Waals surface area (Å²) in [6.45, 7) is -4.74. The average Bonchev–Trinajstić information content (AvgIpc) is 3.76. The molecule has 2 aliphatic rings. The first kappa shape index (κ1) is 53.1. The normalized spacial score (nSPS) is 29.7. The van der Waals surface area contributed by atoms with Gasteiger partial charge in [0, 0.05) is 14.2 Å². The molecule has 2 saturated heterocycles. The van der Waals surface area contributed by atoms with E-state index in [1.807, 2.05) is 0 Å². The largest absolute Gasteiger partial charge is 0.475 e. The predicted octanol–water partition coefficient (Wildman–Crippen LogP) is -3.00. The number of aliphatic hydroxyl groups is 9. The molecule has 0 bridgehead atoms. The lowest BCUT2D eigenvalue weighted by atomic mass is 10.1. The lowest BCUT2D eigenvalue weighted by Crippen LogP contribution is -2.44. The number of rotatable bonds is 31. The molecule has 0 amide bonds. The van der Waals surface area contributed by atoms with Crippen LogP contribution >= 0.6 is 15.6 Å². The molecule has 0 radical (unpaired) electrons. The summed E-state index contributed by atoms with van der Waals surface area (Å²) in [7, 11) is -7.12. The summed E-state index contributed by atoms with van der Waals surface area (Å²) in [5, 5.41) is 91.1. The Bertz CT molecular complexity index is 1420. The molecule has 24 nitrogen and oxygen atoms in total.